The first-order valence-corrected chi connectivity index (χ1v) is 4.79. The summed E-state index contributed by atoms with van der Waals surface area (Å²) in [6, 6.07) is 6.30. The number of carboxylic acids is 1. The highest BCUT2D eigenvalue weighted by molar-refractivity contribution is 5.73. The minimum Gasteiger partial charge on any atom is -0.480 e. The van der Waals surface area contributed by atoms with Gasteiger partial charge in [-0.3, -0.25) is 4.79 Å². The van der Waals surface area contributed by atoms with Crippen LogP contribution >= 0.6 is 0 Å². The number of rotatable bonds is 4. The monoisotopic (exact) mass is 259 g/mol. The van der Waals surface area contributed by atoms with E-state index in [2.05, 4.69) is 4.74 Å². The van der Waals surface area contributed by atoms with Crippen molar-refractivity contribution in [3.05, 3.63) is 29.8 Å². The van der Waals surface area contributed by atoms with E-state index >= 15 is 0 Å². The van der Waals surface area contributed by atoms with Gasteiger partial charge in [-0.1, -0.05) is 12.1 Å². The maximum atomic E-state index is 11.9. The largest absolute Gasteiger partial charge is 0.573 e. The van der Waals surface area contributed by atoms with Crippen LogP contribution in [0.4, 0.5) is 13.2 Å². The molecule has 0 aliphatic carbocycles. The van der Waals surface area contributed by atoms with E-state index in [-0.39, 0.29) is 6.42 Å². The first kappa shape index (κ1) is 13.8. The van der Waals surface area contributed by atoms with Gasteiger partial charge in [0.05, 0.1) is 6.07 Å². The van der Waals surface area contributed by atoms with Crippen molar-refractivity contribution in [1.29, 1.82) is 5.26 Å². The minimum absolute atomic E-state index is 0.0713. The minimum atomic E-state index is -4.77. The van der Waals surface area contributed by atoms with Crippen LogP contribution in [0.5, 0.6) is 5.75 Å². The number of carbonyl (C=O) groups is 1. The summed E-state index contributed by atoms with van der Waals surface area (Å²) in [5.41, 5.74) is 0.443. The second-order valence-electron chi connectivity index (χ2n) is 3.42. The highest BCUT2D eigenvalue weighted by atomic mass is 19.4. The lowest BCUT2D eigenvalue weighted by Gasteiger charge is -2.09. The van der Waals surface area contributed by atoms with Gasteiger partial charge in [0.1, 0.15) is 11.7 Å². The van der Waals surface area contributed by atoms with Crippen LogP contribution in [0.3, 0.4) is 0 Å². The maximum Gasteiger partial charge on any atom is 0.573 e. The second kappa shape index (κ2) is 5.40. The number of hydrogen-bond donors (Lipinski definition) is 1. The summed E-state index contributed by atoms with van der Waals surface area (Å²) in [6.45, 7) is 0. The predicted molar refractivity (Wildman–Crippen MR) is 53.6 cm³/mol. The molecule has 7 heteroatoms. The van der Waals surface area contributed by atoms with Crippen LogP contribution in [0, 0.1) is 17.2 Å². The zero-order chi connectivity index (χ0) is 13.8. The summed E-state index contributed by atoms with van der Waals surface area (Å²) in [5.74, 6) is -2.89. The number of hydrogen-bond acceptors (Lipinski definition) is 3. The molecule has 0 saturated carbocycles. The topological polar surface area (TPSA) is 70.3 Å². The molecule has 4 nitrogen and oxygen atoms in total. The zero-order valence-corrected chi connectivity index (χ0v) is 8.94. The molecule has 0 spiro atoms. The quantitative estimate of drug-likeness (QED) is 0.900. The Labute approximate surface area is 100 Å². The number of carboxylic acid groups (broad SMARTS) is 1. The number of benzene rings is 1. The summed E-state index contributed by atoms with van der Waals surface area (Å²) in [5, 5.41) is 17.2. The normalized spacial score (nSPS) is 12.6. The molecular formula is C11H8F3NO3. The molecule has 0 bridgehead atoms. The third-order valence-corrected chi connectivity index (χ3v) is 2.05. The van der Waals surface area contributed by atoms with Crippen molar-refractivity contribution >= 4 is 5.97 Å². The Morgan fingerprint density at radius 3 is 2.33 bits per heavy atom. The van der Waals surface area contributed by atoms with E-state index in [4.69, 9.17) is 10.4 Å². The van der Waals surface area contributed by atoms with Crippen molar-refractivity contribution in [1.82, 2.24) is 0 Å². The van der Waals surface area contributed by atoms with Crippen LogP contribution < -0.4 is 4.74 Å². The summed E-state index contributed by atoms with van der Waals surface area (Å²) in [4.78, 5) is 10.6. The van der Waals surface area contributed by atoms with E-state index in [0.717, 1.165) is 12.1 Å². The standard InChI is InChI=1S/C11H8F3NO3/c12-11(13,14)18-9-3-1-7(2-4-9)5-8(6-15)10(16)17/h1-4,8H,5H2,(H,16,17)/t8-/m1/s1. The number of nitrogens with zero attached hydrogens (tertiary/aromatic N) is 1. The molecule has 0 aliphatic rings. The average Bonchev–Trinajstić information content (AvgIpc) is 2.25. The van der Waals surface area contributed by atoms with Gasteiger partial charge in [0.2, 0.25) is 0 Å². The summed E-state index contributed by atoms with van der Waals surface area (Å²) in [6.07, 6.45) is -4.84. The van der Waals surface area contributed by atoms with Crippen LogP contribution in [-0.4, -0.2) is 17.4 Å². The van der Waals surface area contributed by atoms with Crippen LogP contribution in [0.2, 0.25) is 0 Å². The Kier molecular flexibility index (Phi) is 4.15. The van der Waals surface area contributed by atoms with Crippen LogP contribution in [0.1, 0.15) is 5.56 Å². The number of alkyl halides is 3. The first-order valence-electron chi connectivity index (χ1n) is 4.79. The molecule has 18 heavy (non-hydrogen) atoms. The molecule has 0 saturated heterocycles. The number of nitriles is 1. The molecular weight excluding hydrogens is 251 g/mol. The number of aliphatic carboxylic acids is 1. The van der Waals surface area contributed by atoms with E-state index < -0.39 is 24.0 Å². The molecule has 0 heterocycles. The Morgan fingerprint density at radius 1 is 1.39 bits per heavy atom. The van der Waals surface area contributed by atoms with Gasteiger partial charge in [-0.25, -0.2) is 0 Å². The van der Waals surface area contributed by atoms with Gasteiger partial charge in [0.25, 0.3) is 0 Å². The highest BCUT2D eigenvalue weighted by Crippen LogP contribution is 2.23. The molecule has 1 aromatic rings. The lowest BCUT2D eigenvalue weighted by molar-refractivity contribution is -0.274. The van der Waals surface area contributed by atoms with E-state index in [0.29, 0.717) is 5.56 Å². The lowest BCUT2D eigenvalue weighted by Crippen LogP contribution is -2.17. The smallest absolute Gasteiger partial charge is 0.480 e. The molecule has 0 aliphatic heterocycles. The van der Waals surface area contributed by atoms with E-state index in [1.807, 2.05) is 0 Å². The number of ether oxygens (including phenoxy) is 1. The fourth-order valence-electron chi connectivity index (χ4n) is 1.25. The predicted octanol–water partition coefficient (Wildman–Crippen LogP) is 2.35. The van der Waals surface area contributed by atoms with Gasteiger partial charge in [-0.15, -0.1) is 13.2 Å². The van der Waals surface area contributed by atoms with Crippen molar-refractivity contribution in [2.24, 2.45) is 5.92 Å². The first-order chi connectivity index (χ1) is 8.31. The zero-order valence-electron chi connectivity index (χ0n) is 8.94. The fraction of sp³-hybridized carbons (Fsp3) is 0.273. The molecule has 0 amide bonds. The maximum absolute atomic E-state index is 11.9. The molecule has 1 aromatic carbocycles. The lowest BCUT2D eigenvalue weighted by atomic mass is 10.0. The summed E-state index contributed by atoms with van der Waals surface area (Å²) in [7, 11) is 0. The van der Waals surface area contributed by atoms with Crippen LogP contribution in [0.15, 0.2) is 24.3 Å². The molecule has 1 N–H and O–H groups in total. The molecule has 0 unspecified atom stereocenters. The van der Waals surface area contributed by atoms with Gasteiger partial charge >= 0.3 is 12.3 Å². The van der Waals surface area contributed by atoms with Crippen LogP contribution in [-0.2, 0) is 11.2 Å². The van der Waals surface area contributed by atoms with Crippen molar-refractivity contribution < 1.29 is 27.8 Å². The molecule has 1 rings (SSSR count). The van der Waals surface area contributed by atoms with Gasteiger partial charge < -0.3 is 9.84 Å². The summed E-state index contributed by atoms with van der Waals surface area (Å²) < 4.78 is 39.3. The third kappa shape index (κ3) is 4.33. The second-order valence-corrected chi connectivity index (χ2v) is 3.42. The van der Waals surface area contributed by atoms with Gasteiger partial charge in [-0.2, -0.15) is 5.26 Å². The Morgan fingerprint density at radius 2 is 1.94 bits per heavy atom. The van der Waals surface area contributed by atoms with Crippen molar-refractivity contribution in [2.45, 2.75) is 12.8 Å². The Balaban J connectivity index is 2.72. The van der Waals surface area contributed by atoms with Crippen LogP contribution in [0.25, 0.3) is 0 Å². The third-order valence-electron chi connectivity index (χ3n) is 2.05. The average molecular weight is 259 g/mol. The molecule has 0 radical (unpaired) electrons. The van der Waals surface area contributed by atoms with Crippen molar-refractivity contribution in [3.8, 4) is 11.8 Å². The summed E-state index contributed by atoms with van der Waals surface area (Å²) >= 11 is 0. The highest BCUT2D eigenvalue weighted by Gasteiger charge is 2.31. The van der Waals surface area contributed by atoms with E-state index in [1.165, 1.54) is 12.1 Å². The molecule has 96 valence electrons. The SMILES string of the molecule is N#C[C@@H](Cc1ccc(OC(F)(F)F)cc1)C(=O)O. The molecule has 0 aromatic heterocycles. The van der Waals surface area contributed by atoms with Crippen molar-refractivity contribution in [3.63, 3.8) is 0 Å². The Bertz CT molecular complexity index is 462. The van der Waals surface area contributed by atoms with E-state index in [9.17, 15) is 18.0 Å². The Hall–Kier alpha value is -2.23. The fourth-order valence-corrected chi connectivity index (χ4v) is 1.25. The molecule has 0 fully saturated rings. The molecule has 1 atom stereocenters. The van der Waals surface area contributed by atoms with Gasteiger partial charge in [-0.05, 0) is 24.1 Å². The van der Waals surface area contributed by atoms with E-state index in [1.54, 1.807) is 6.07 Å². The van der Waals surface area contributed by atoms with Gasteiger partial charge in [0, 0.05) is 0 Å². The van der Waals surface area contributed by atoms with Gasteiger partial charge in [0.15, 0.2) is 0 Å². The van der Waals surface area contributed by atoms with Crippen molar-refractivity contribution in [2.75, 3.05) is 0 Å². The number of halogens is 3.